The molecule has 3 rings (SSSR count). The Morgan fingerprint density at radius 2 is 1.84 bits per heavy atom. The van der Waals surface area contributed by atoms with E-state index in [-0.39, 0.29) is 5.91 Å². The lowest BCUT2D eigenvalue weighted by molar-refractivity contribution is 0.0946. The third kappa shape index (κ3) is 4.58. The summed E-state index contributed by atoms with van der Waals surface area (Å²) < 4.78 is 5.29. The van der Waals surface area contributed by atoms with Crippen LogP contribution >= 0.6 is 11.3 Å². The van der Waals surface area contributed by atoms with E-state index in [1.165, 1.54) is 16.9 Å². The first-order valence-electron chi connectivity index (χ1n) is 7.89. The number of aromatic nitrogens is 1. The van der Waals surface area contributed by atoms with E-state index in [1.807, 2.05) is 54.6 Å². The number of hydrogen-bond donors (Lipinski definition) is 2. The van der Waals surface area contributed by atoms with Crippen molar-refractivity contribution in [2.75, 3.05) is 12.4 Å². The summed E-state index contributed by atoms with van der Waals surface area (Å²) in [4.78, 5) is 16.6. The number of nitrogens with one attached hydrogen (secondary N) is 2. The molecule has 1 amide bonds. The van der Waals surface area contributed by atoms with Crippen molar-refractivity contribution in [1.29, 1.82) is 0 Å². The molecule has 0 unspecified atom stereocenters. The molecule has 0 saturated heterocycles. The highest BCUT2D eigenvalue weighted by molar-refractivity contribution is 7.13. The summed E-state index contributed by atoms with van der Waals surface area (Å²) in [5.41, 5.74) is 2.51. The van der Waals surface area contributed by atoms with E-state index in [0.29, 0.717) is 18.8 Å². The van der Waals surface area contributed by atoms with Crippen LogP contribution in [0.5, 0.6) is 5.75 Å². The zero-order valence-electron chi connectivity index (χ0n) is 13.9. The lowest BCUT2D eigenvalue weighted by atomic mass is 10.2. The van der Waals surface area contributed by atoms with Gasteiger partial charge >= 0.3 is 0 Å². The topological polar surface area (TPSA) is 63.2 Å². The van der Waals surface area contributed by atoms with E-state index >= 15 is 0 Å². The van der Waals surface area contributed by atoms with Crippen molar-refractivity contribution < 1.29 is 9.53 Å². The number of amides is 1. The molecular weight excluding hydrogens is 334 g/mol. The number of nitrogens with zero attached hydrogens (tertiary/aromatic N) is 1. The van der Waals surface area contributed by atoms with Crippen molar-refractivity contribution in [1.82, 2.24) is 10.3 Å². The zero-order valence-corrected chi connectivity index (χ0v) is 14.7. The van der Waals surface area contributed by atoms with Crippen LogP contribution in [-0.2, 0) is 13.1 Å². The predicted molar refractivity (Wildman–Crippen MR) is 100 cm³/mol. The first-order chi connectivity index (χ1) is 12.3. The summed E-state index contributed by atoms with van der Waals surface area (Å²) in [5.74, 6) is 0.557. The summed E-state index contributed by atoms with van der Waals surface area (Å²) in [5, 5.41) is 8.59. The quantitative estimate of drug-likeness (QED) is 0.680. The molecule has 0 fully saturated rings. The number of thiazole rings is 1. The Labute approximate surface area is 150 Å². The summed E-state index contributed by atoms with van der Waals surface area (Å²) in [7, 11) is 1.62. The number of para-hydroxylation sites is 1. The van der Waals surface area contributed by atoms with Crippen LogP contribution in [0.2, 0.25) is 0 Å². The van der Waals surface area contributed by atoms with E-state index in [4.69, 9.17) is 4.74 Å². The van der Waals surface area contributed by atoms with Crippen molar-refractivity contribution in [3.63, 3.8) is 0 Å². The van der Waals surface area contributed by atoms with Gasteiger partial charge in [0.25, 0.3) is 5.91 Å². The Kier molecular flexibility index (Phi) is 5.64. The Morgan fingerprint density at radius 1 is 1.08 bits per heavy atom. The molecule has 0 saturated carbocycles. The predicted octanol–water partition coefficient (Wildman–Crippen LogP) is 3.69. The molecule has 6 heteroatoms. The van der Waals surface area contributed by atoms with Crippen molar-refractivity contribution in [2.45, 2.75) is 13.1 Å². The Hall–Kier alpha value is -2.86. The summed E-state index contributed by atoms with van der Waals surface area (Å²) in [6.45, 7) is 1.07. The molecule has 1 heterocycles. The van der Waals surface area contributed by atoms with Gasteiger partial charge in [-0.25, -0.2) is 4.98 Å². The minimum Gasteiger partial charge on any atom is -0.496 e. The first kappa shape index (κ1) is 17.0. The van der Waals surface area contributed by atoms with Crippen LogP contribution in [-0.4, -0.2) is 18.0 Å². The van der Waals surface area contributed by atoms with Gasteiger partial charge in [0.15, 0.2) is 5.13 Å². The average Bonchev–Trinajstić information content (AvgIpc) is 3.14. The van der Waals surface area contributed by atoms with Crippen molar-refractivity contribution in [3.05, 3.63) is 76.8 Å². The van der Waals surface area contributed by atoms with Gasteiger partial charge in [0.1, 0.15) is 11.4 Å². The maximum Gasteiger partial charge on any atom is 0.271 e. The van der Waals surface area contributed by atoms with Crippen LogP contribution in [0.25, 0.3) is 0 Å². The Bertz CT molecular complexity index is 833. The minimum absolute atomic E-state index is 0.199. The van der Waals surface area contributed by atoms with Crippen molar-refractivity contribution >= 4 is 22.4 Å². The fourth-order valence-corrected chi connectivity index (χ4v) is 3.04. The standard InChI is InChI=1S/C19H19N3O2S/c1-24-17-10-6-5-9-15(17)12-20-18(23)16-13-25-19(22-16)21-11-14-7-3-2-4-8-14/h2-10,13H,11-12H2,1H3,(H,20,23)(H,21,22). The molecular formula is C19H19N3O2S. The molecule has 0 aliphatic rings. The lowest BCUT2D eigenvalue weighted by Gasteiger charge is -2.08. The molecule has 25 heavy (non-hydrogen) atoms. The molecule has 0 bridgehead atoms. The van der Waals surface area contributed by atoms with Gasteiger partial charge in [0.2, 0.25) is 0 Å². The van der Waals surface area contributed by atoms with Gasteiger partial charge in [-0.15, -0.1) is 11.3 Å². The number of methoxy groups -OCH3 is 1. The van der Waals surface area contributed by atoms with Gasteiger partial charge in [-0.05, 0) is 11.6 Å². The summed E-state index contributed by atoms with van der Waals surface area (Å²) in [6.07, 6.45) is 0. The normalized spacial score (nSPS) is 10.3. The van der Waals surface area contributed by atoms with E-state index in [0.717, 1.165) is 16.4 Å². The number of hydrogen-bond acceptors (Lipinski definition) is 5. The fraction of sp³-hybridized carbons (Fsp3) is 0.158. The maximum atomic E-state index is 12.3. The molecule has 0 aliphatic heterocycles. The van der Waals surface area contributed by atoms with E-state index in [1.54, 1.807) is 12.5 Å². The second-order valence-corrected chi connectivity index (χ2v) is 6.23. The molecule has 0 atom stereocenters. The van der Waals surface area contributed by atoms with Crippen molar-refractivity contribution in [2.24, 2.45) is 0 Å². The second-order valence-electron chi connectivity index (χ2n) is 5.37. The minimum atomic E-state index is -0.199. The largest absolute Gasteiger partial charge is 0.496 e. The SMILES string of the molecule is COc1ccccc1CNC(=O)c1csc(NCc2ccccc2)n1. The van der Waals surface area contributed by atoms with Crippen molar-refractivity contribution in [3.8, 4) is 5.75 Å². The van der Waals surface area contributed by atoms with E-state index in [2.05, 4.69) is 15.6 Å². The van der Waals surface area contributed by atoms with E-state index in [9.17, 15) is 4.79 Å². The Balaban J connectivity index is 1.55. The van der Waals surface area contributed by atoms with Crippen LogP contribution in [0.15, 0.2) is 60.0 Å². The first-order valence-corrected chi connectivity index (χ1v) is 8.77. The maximum absolute atomic E-state index is 12.3. The third-order valence-electron chi connectivity index (χ3n) is 3.66. The summed E-state index contributed by atoms with van der Waals surface area (Å²) in [6, 6.07) is 17.7. The summed E-state index contributed by atoms with van der Waals surface area (Å²) >= 11 is 1.42. The molecule has 0 radical (unpaired) electrons. The molecule has 128 valence electrons. The van der Waals surface area contributed by atoms with Crippen LogP contribution in [0.3, 0.4) is 0 Å². The van der Waals surface area contributed by atoms with Gasteiger partial charge < -0.3 is 15.4 Å². The number of carbonyl (C=O) groups is 1. The highest BCUT2D eigenvalue weighted by Crippen LogP contribution is 2.18. The molecule has 1 aromatic heterocycles. The number of ether oxygens (including phenoxy) is 1. The van der Waals surface area contributed by atoms with Gasteiger partial charge in [-0.1, -0.05) is 48.5 Å². The molecule has 0 spiro atoms. The molecule has 2 N–H and O–H groups in total. The Morgan fingerprint density at radius 3 is 2.64 bits per heavy atom. The molecule has 3 aromatic rings. The number of benzene rings is 2. The van der Waals surface area contributed by atoms with E-state index < -0.39 is 0 Å². The van der Waals surface area contributed by atoms with Crippen LogP contribution in [0.4, 0.5) is 5.13 Å². The molecule has 2 aromatic carbocycles. The van der Waals surface area contributed by atoms with Gasteiger partial charge in [0, 0.05) is 24.0 Å². The van der Waals surface area contributed by atoms with Crippen LogP contribution < -0.4 is 15.4 Å². The smallest absolute Gasteiger partial charge is 0.271 e. The highest BCUT2D eigenvalue weighted by Gasteiger charge is 2.11. The second kappa shape index (κ2) is 8.30. The van der Waals surface area contributed by atoms with Crippen LogP contribution in [0.1, 0.15) is 21.6 Å². The zero-order chi connectivity index (χ0) is 17.5. The highest BCUT2D eigenvalue weighted by atomic mass is 32.1. The monoisotopic (exact) mass is 353 g/mol. The van der Waals surface area contributed by atoms with Crippen LogP contribution in [0, 0.1) is 0 Å². The third-order valence-corrected chi connectivity index (χ3v) is 4.46. The average molecular weight is 353 g/mol. The lowest BCUT2D eigenvalue weighted by Crippen LogP contribution is -2.23. The van der Waals surface area contributed by atoms with Gasteiger partial charge in [0.05, 0.1) is 7.11 Å². The molecule has 5 nitrogen and oxygen atoms in total. The number of anilines is 1. The van der Waals surface area contributed by atoms with Gasteiger partial charge in [-0.3, -0.25) is 4.79 Å². The van der Waals surface area contributed by atoms with Gasteiger partial charge in [-0.2, -0.15) is 0 Å². The number of carbonyl (C=O) groups excluding carboxylic acids is 1. The number of rotatable bonds is 7. The molecule has 0 aliphatic carbocycles. The fourth-order valence-electron chi connectivity index (χ4n) is 2.35.